The second-order valence-corrected chi connectivity index (χ2v) is 4.10. The number of benzene rings is 1. The van der Waals surface area contributed by atoms with E-state index in [9.17, 15) is 5.11 Å². The highest BCUT2D eigenvalue weighted by Gasteiger charge is 2.20. The molecule has 1 aromatic heterocycles. The first kappa shape index (κ1) is 10.1. The van der Waals surface area contributed by atoms with E-state index in [4.69, 9.17) is 0 Å². The van der Waals surface area contributed by atoms with E-state index in [0.717, 1.165) is 36.5 Å². The van der Waals surface area contributed by atoms with Crippen LogP contribution in [0, 0.1) is 0 Å². The van der Waals surface area contributed by atoms with Gasteiger partial charge in [-0.3, -0.25) is 0 Å². The number of phenols is 1. The van der Waals surface area contributed by atoms with Crippen molar-refractivity contribution >= 4 is 11.5 Å². The van der Waals surface area contributed by atoms with Crippen LogP contribution < -0.4 is 4.90 Å². The number of aromatic nitrogens is 2. The van der Waals surface area contributed by atoms with Crippen LogP contribution in [0.25, 0.3) is 0 Å². The van der Waals surface area contributed by atoms with Crippen LogP contribution in [0.3, 0.4) is 0 Å². The number of hydrogen-bond acceptors (Lipinski definition) is 4. The van der Waals surface area contributed by atoms with Crippen molar-refractivity contribution in [1.82, 2.24) is 9.97 Å². The molecule has 4 heteroatoms. The van der Waals surface area contributed by atoms with Gasteiger partial charge in [0, 0.05) is 24.0 Å². The zero-order chi connectivity index (χ0) is 11.7. The first-order valence-electron chi connectivity index (χ1n) is 5.70. The second kappa shape index (κ2) is 4.05. The minimum absolute atomic E-state index is 0.376. The van der Waals surface area contributed by atoms with Crippen LogP contribution in [0.5, 0.6) is 5.75 Å². The highest BCUT2D eigenvalue weighted by atomic mass is 16.3. The fraction of sp³-hybridized carbons (Fsp3) is 0.231. The Morgan fingerprint density at radius 1 is 1.24 bits per heavy atom. The SMILES string of the molecule is Oc1cccc2c1CCCN2c1ccncn1. The summed E-state index contributed by atoms with van der Waals surface area (Å²) in [6.45, 7) is 0.924. The first-order valence-corrected chi connectivity index (χ1v) is 5.70. The summed E-state index contributed by atoms with van der Waals surface area (Å²) in [6, 6.07) is 7.52. The summed E-state index contributed by atoms with van der Waals surface area (Å²) >= 11 is 0. The molecule has 0 unspecified atom stereocenters. The molecule has 0 spiro atoms. The average Bonchev–Trinajstić information content (AvgIpc) is 2.40. The summed E-state index contributed by atoms with van der Waals surface area (Å²) in [5, 5.41) is 9.86. The molecule has 0 saturated carbocycles. The van der Waals surface area contributed by atoms with Crippen LogP contribution in [0.2, 0.25) is 0 Å². The van der Waals surface area contributed by atoms with Crippen LogP contribution in [0.15, 0.2) is 36.8 Å². The van der Waals surface area contributed by atoms with Gasteiger partial charge in [0.2, 0.25) is 0 Å². The molecular weight excluding hydrogens is 214 g/mol. The van der Waals surface area contributed by atoms with Gasteiger partial charge in [-0.05, 0) is 31.0 Å². The van der Waals surface area contributed by atoms with Gasteiger partial charge in [-0.1, -0.05) is 6.07 Å². The van der Waals surface area contributed by atoms with Crippen LogP contribution >= 0.6 is 0 Å². The lowest BCUT2D eigenvalue weighted by Crippen LogP contribution is -2.25. The largest absolute Gasteiger partial charge is 0.508 e. The molecule has 1 aromatic carbocycles. The quantitative estimate of drug-likeness (QED) is 0.811. The van der Waals surface area contributed by atoms with Crippen LogP contribution in [0.1, 0.15) is 12.0 Å². The predicted octanol–water partition coefficient (Wildman–Crippen LogP) is 2.27. The number of phenolic OH excluding ortho intramolecular Hbond substituents is 1. The van der Waals surface area contributed by atoms with Crippen molar-refractivity contribution in [2.45, 2.75) is 12.8 Å². The van der Waals surface area contributed by atoms with Gasteiger partial charge in [0.25, 0.3) is 0 Å². The molecule has 3 rings (SSSR count). The normalized spacial score (nSPS) is 14.5. The van der Waals surface area contributed by atoms with Crippen molar-refractivity contribution < 1.29 is 5.11 Å². The molecule has 0 atom stereocenters. The summed E-state index contributed by atoms with van der Waals surface area (Å²) in [5.74, 6) is 1.26. The van der Waals surface area contributed by atoms with Gasteiger partial charge in [-0.15, -0.1) is 0 Å². The third-order valence-corrected chi connectivity index (χ3v) is 3.07. The van der Waals surface area contributed by atoms with Crippen molar-refractivity contribution in [3.63, 3.8) is 0 Å². The zero-order valence-electron chi connectivity index (χ0n) is 9.37. The molecular formula is C13H13N3O. The third-order valence-electron chi connectivity index (χ3n) is 3.07. The van der Waals surface area contributed by atoms with Gasteiger partial charge in [0.15, 0.2) is 0 Å². The van der Waals surface area contributed by atoms with Crippen LogP contribution in [-0.2, 0) is 6.42 Å². The minimum Gasteiger partial charge on any atom is -0.508 e. The molecule has 2 aromatic rings. The van der Waals surface area contributed by atoms with Gasteiger partial charge in [-0.2, -0.15) is 0 Å². The van der Waals surface area contributed by atoms with E-state index in [0.29, 0.717) is 5.75 Å². The lowest BCUT2D eigenvalue weighted by molar-refractivity contribution is 0.465. The molecule has 0 saturated heterocycles. The van der Waals surface area contributed by atoms with E-state index >= 15 is 0 Å². The standard InChI is InChI=1S/C13H13N3O/c17-12-5-1-4-11-10(12)3-2-8-16(11)13-6-7-14-9-15-13/h1,4-7,9,17H,2-3,8H2. The maximum absolute atomic E-state index is 9.86. The van der Waals surface area contributed by atoms with Crippen molar-refractivity contribution in [3.05, 3.63) is 42.4 Å². The van der Waals surface area contributed by atoms with Crippen molar-refractivity contribution in [1.29, 1.82) is 0 Å². The number of rotatable bonds is 1. The Balaban J connectivity index is 2.09. The first-order chi connectivity index (χ1) is 8.36. The van der Waals surface area contributed by atoms with Crippen molar-refractivity contribution in [2.75, 3.05) is 11.4 Å². The lowest BCUT2D eigenvalue weighted by atomic mass is 10.0. The van der Waals surface area contributed by atoms with Gasteiger partial charge < -0.3 is 10.0 Å². The van der Waals surface area contributed by atoms with Gasteiger partial charge in [0.05, 0.1) is 0 Å². The molecule has 1 N–H and O–H groups in total. The maximum atomic E-state index is 9.86. The zero-order valence-corrected chi connectivity index (χ0v) is 9.37. The van der Waals surface area contributed by atoms with E-state index in [-0.39, 0.29) is 0 Å². The van der Waals surface area contributed by atoms with E-state index in [1.165, 1.54) is 0 Å². The van der Waals surface area contributed by atoms with Gasteiger partial charge >= 0.3 is 0 Å². The number of anilines is 2. The summed E-state index contributed by atoms with van der Waals surface area (Å²) < 4.78 is 0. The fourth-order valence-corrected chi connectivity index (χ4v) is 2.29. The predicted molar refractivity (Wildman–Crippen MR) is 65.5 cm³/mol. The monoisotopic (exact) mass is 227 g/mol. The van der Waals surface area contributed by atoms with Crippen LogP contribution in [0.4, 0.5) is 11.5 Å². The molecule has 0 radical (unpaired) electrons. The highest BCUT2D eigenvalue weighted by molar-refractivity contribution is 5.68. The number of aromatic hydroxyl groups is 1. The minimum atomic E-state index is 0.376. The molecule has 4 nitrogen and oxygen atoms in total. The molecule has 86 valence electrons. The highest BCUT2D eigenvalue weighted by Crippen LogP contribution is 2.36. The maximum Gasteiger partial charge on any atom is 0.136 e. The van der Waals surface area contributed by atoms with Gasteiger partial charge in [0.1, 0.15) is 17.9 Å². The van der Waals surface area contributed by atoms with Crippen molar-refractivity contribution in [3.8, 4) is 5.75 Å². The number of nitrogens with zero attached hydrogens (tertiary/aromatic N) is 3. The Hall–Kier alpha value is -2.10. The Morgan fingerprint density at radius 3 is 3.00 bits per heavy atom. The number of fused-ring (bicyclic) bond motifs is 1. The molecule has 0 amide bonds. The molecule has 17 heavy (non-hydrogen) atoms. The average molecular weight is 227 g/mol. The van der Waals surface area contributed by atoms with E-state index in [1.807, 2.05) is 18.2 Å². The smallest absolute Gasteiger partial charge is 0.136 e. The van der Waals surface area contributed by atoms with E-state index in [2.05, 4.69) is 14.9 Å². The Labute approximate surface area is 99.6 Å². The summed E-state index contributed by atoms with van der Waals surface area (Å²) in [7, 11) is 0. The Kier molecular flexibility index (Phi) is 2.40. The second-order valence-electron chi connectivity index (χ2n) is 4.10. The summed E-state index contributed by atoms with van der Waals surface area (Å²) in [6.07, 6.45) is 5.23. The Morgan fingerprint density at radius 2 is 2.18 bits per heavy atom. The molecule has 0 aliphatic carbocycles. The molecule has 1 aliphatic heterocycles. The summed E-state index contributed by atoms with van der Waals surface area (Å²) in [4.78, 5) is 10.3. The molecule has 0 bridgehead atoms. The van der Waals surface area contributed by atoms with E-state index < -0.39 is 0 Å². The molecule has 0 fully saturated rings. The third kappa shape index (κ3) is 1.71. The van der Waals surface area contributed by atoms with E-state index in [1.54, 1.807) is 18.6 Å². The summed E-state index contributed by atoms with van der Waals surface area (Å²) in [5.41, 5.74) is 2.06. The van der Waals surface area contributed by atoms with Crippen molar-refractivity contribution in [2.24, 2.45) is 0 Å². The molecule has 1 aliphatic rings. The fourth-order valence-electron chi connectivity index (χ4n) is 2.29. The van der Waals surface area contributed by atoms with Gasteiger partial charge in [-0.25, -0.2) is 9.97 Å². The lowest BCUT2D eigenvalue weighted by Gasteiger charge is -2.30. The molecule has 2 heterocycles. The van der Waals surface area contributed by atoms with Crippen LogP contribution in [-0.4, -0.2) is 21.6 Å². The Bertz CT molecular complexity index is 527. The topological polar surface area (TPSA) is 49.2 Å². The number of hydrogen-bond donors (Lipinski definition) is 1.